The molecule has 2 heterocycles. The van der Waals surface area contributed by atoms with Crippen molar-refractivity contribution in [2.45, 2.75) is 42.1 Å². The van der Waals surface area contributed by atoms with Gasteiger partial charge in [-0.25, -0.2) is 4.79 Å². The van der Waals surface area contributed by atoms with Gasteiger partial charge in [-0.2, -0.15) is 0 Å². The molecule has 3 rings (SSSR count). The van der Waals surface area contributed by atoms with Crippen LogP contribution in [0.15, 0.2) is 30.3 Å². The minimum absolute atomic E-state index is 0. The summed E-state index contributed by atoms with van der Waals surface area (Å²) in [6.45, 7) is 3.58. The Morgan fingerprint density at radius 3 is 2.30 bits per heavy atom. The molecule has 10 nitrogen and oxygen atoms in total. The molecule has 11 heteroatoms. The summed E-state index contributed by atoms with van der Waals surface area (Å²) in [7, 11) is 0. The zero-order valence-corrected chi connectivity index (χ0v) is 15.6. The number of nitrogens with one attached hydrogen (secondary N) is 1. The third kappa shape index (κ3) is 4.06. The van der Waals surface area contributed by atoms with Gasteiger partial charge in [-0.15, -0.1) is 11.8 Å². The second kappa shape index (κ2) is 8.67. The number of carboxylic acid groups (broad SMARTS) is 1. The van der Waals surface area contributed by atoms with E-state index in [9.17, 15) is 19.5 Å². The maximum atomic E-state index is 12.3. The van der Waals surface area contributed by atoms with Crippen LogP contribution in [0.2, 0.25) is 0 Å². The molecule has 152 valence electrons. The van der Waals surface area contributed by atoms with Crippen LogP contribution in [0.4, 0.5) is 0 Å². The van der Waals surface area contributed by atoms with Crippen molar-refractivity contribution in [3.8, 4) is 0 Å². The van der Waals surface area contributed by atoms with E-state index in [0.717, 1.165) is 0 Å². The first-order chi connectivity index (χ1) is 11.2. The molecular weight excluding hydrogens is 378 g/mol. The molecule has 0 bridgehead atoms. The number of β-lactam (4-membered cyclic amide) rings is 1. The Bertz CT molecular complexity index is 701. The van der Waals surface area contributed by atoms with Gasteiger partial charge >= 0.3 is 5.97 Å². The van der Waals surface area contributed by atoms with Gasteiger partial charge in [0.05, 0.1) is 0 Å². The summed E-state index contributed by atoms with van der Waals surface area (Å²) in [5.41, 5.74) is 6.59. The van der Waals surface area contributed by atoms with E-state index in [-0.39, 0.29) is 27.7 Å². The van der Waals surface area contributed by atoms with Crippen LogP contribution < -0.4 is 11.1 Å². The van der Waals surface area contributed by atoms with E-state index in [4.69, 9.17) is 5.73 Å². The van der Waals surface area contributed by atoms with Crippen LogP contribution in [0, 0.1) is 0 Å². The minimum atomic E-state index is -1.03. The van der Waals surface area contributed by atoms with E-state index in [0.29, 0.717) is 5.56 Å². The van der Waals surface area contributed by atoms with Crippen LogP contribution in [0.1, 0.15) is 25.5 Å². The number of nitrogens with zero attached hydrogens (tertiary/aromatic N) is 1. The van der Waals surface area contributed by atoms with E-state index in [1.807, 2.05) is 6.07 Å². The van der Waals surface area contributed by atoms with E-state index in [1.54, 1.807) is 38.1 Å². The molecule has 0 aromatic heterocycles. The third-order valence-electron chi connectivity index (χ3n) is 4.41. The summed E-state index contributed by atoms with van der Waals surface area (Å²) in [6.07, 6.45) is 0. The number of carboxylic acids is 1. The topological polar surface area (TPSA) is 207 Å². The number of carbonyl (C=O) groups excluding carboxylic acids is 2. The Kier molecular flexibility index (Phi) is 7.97. The second-order valence-electron chi connectivity index (χ2n) is 6.47. The Morgan fingerprint density at radius 1 is 1.22 bits per heavy atom. The molecule has 2 aliphatic heterocycles. The molecular formula is C16H25N3O7S. The van der Waals surface area contributed by atoms with Gasteiger partial charge < -0.3 is 37.5 Å². The fraction of sp³-hybridized carbons (Fsp3) is 0.438. The van der Waals surface area contributed by atoms with Crippen molar-refractivity contribution in [2.75, 3.05) is 0 Å². The monoisotopic (exact) mass is 403 g/mol. The van der Waals surface area contributed by atoms with Crippen molar-refractivity contribution in [1.82, 2.24) is 10.2 Å². The van der Waals surface area contributed by atoms with Gasteiger partial charge in [0.15, 0.2) is 0 Å². The second-order valence-corrected chi connectivity index (χ2v) is 8.24. The highest BCUT2D eigenvalue weighted by Crippen LogP contribution is 2.50. The molecule has 0 radical (unpaired) electrons. The Hall–Kier alpha value is -2.18. The maximum absolute atomic E-state index is 12.3. The quantitative estimate of drug-likeness (QED) is 0.477. The number of fused-ring (bicyclic) bond motifs is 1. The highest BCUT2D eigenvalue weighted by Gasteiger charge is 2.64. The minimum Gasteiger partial charge on any atom is -0.480 e. The van der Waals surface area contributed by atoms with Crippen molar-refractivity contribution in [2.24, 2.45) is 5.73 Å². The molecule has 27 heavy (non-hydrogen) atoms. The standard InChI is InChI=1S/C16H19N3O4S.3H2O/c1-16(2)11(15(22)23)19-13(21)10(14(19)24-16)18-12(20)9(17)8-6-4-3-5-7-8;;;/h3-7,9-11,14H,17H2,1-2H3,(H,18,20)(H,22,23);3*1H2/t9?,10?,11?,14-;;;/m0.../s1. The van der Waals surface area contributed by atoms with Crippen LogP contribution in [-0.4, -0.2) is 66.4 Å². The number of rotatable bonds is 4. The zero-order valence-electron chi connectivity index (χ0n) is 14.8. The van der Waals surface area contributed by atoms with Gasteiger partial charge in [-0.3, -0.25) is 9.59 Å². The van der Waals surface area contributed by atoms with Crippen LogP contribution in [0.25, 0.3) is 0 Å². The fourth-order valence-corrected chi connectivity index (χ4v) is 4.83. The Morgan fingerprint density at radius 2 is 1.78 bits per heavy atom. The predicted molar refractivity (Wildman–Crippen MR) is 99.9 cm³/mol. The molecule has 2 saturated heterocycles. The summed E-state index contributed by atoms with van der Waals surface area (Å²) in [5.74, 6) is -1.86. The van der Waals surface area contributed by atoms with Crippen LogP contribution >= 0.6 is 11.8 Å². The Labute approximate surface area is 160 Å². The maximum Gasteiger partial charge on any atom is 0.327 e. The lowest BCUT2D eigenvalue weighted by atomic mass is 9.95. The van der Waals surface area contributed by atoms with Crippen LogP contribution in [0.3, 0.4) is 0 Å². The summed E-state index contributed by atoms with van der Waals surface area (Å²) >= 11 is 1.38. The molecule has 2 fully saturated rings. The SMILES string of the molecule is CC1(C)S[C@H]2C(NC(=O)C(N)c3ccccc3)C(=O)N2C1C(=O)O.O.O.O. The lowest BCUT2D eigenvalue weighted by Gasteiger charge is -2.43. The van der Waals surface area contributed by atoms with Crippen molar-refractivity contribution < 1.29 is 35.9 Å². The normalized spacial score (nSPS) is 25.5. The van der Waals surface area contributed by atoms with E-state index in [2.05, 4.69) is 5.32 Å². The number of hydrogen-bond acceptors (Lipinski definition) is 5. The first-order valence-electron chi connectivity index (χ1n) is 7.58. The van der Waals surface area contributed by atoms with Crippen LogP contribution in [0.5, 0.6) is 0 Å². The van der Waals surface area contributed by atoms with Crippen molar-refractivity contribution in [3.63, 3.8) is 0 Å². The van der Waals surface area contributed by atoms with Gasteiger partial charge in [-0.1, -0.05) is 30.3 Å². The van der Waals surface area contributed by atoms with Gasteiger partial charge in [0.1, 0.15) is 23.5 Å². The molecule has 2 amide bonds. The van der Waals surface area contributed by atoms with Crippen molar-refractivity contribution in [1.29, 1.82) is 0 Å². The van der Waals surface area contributed by atoms with Crippen LogP contribution in [-0.2, 0) is 14.4 Å². The van der Waals surface area contributed by atoms with Crippen molar-refractivity contribution >= 4 is 29.5 Å². The lowest BCUT2D eigenvalue weighted by Crippen LogP contribution is -2.71. The number of hydrogen-bond donors (Lipinski definition) is 3. The molecule has 1 aromatic carbocycles. The van der Waals surface area contributed by atoms with E-state index in [1.165, 1.54) is 16.7 Å². The van der Waals surface area contributed by atoms with Gasteiger partial charge in [-0.05, 0) is 19.4 Å². The number of aliphatic carboxylic acids is 1. The predicted octanol–water partition coefficient (Wildman–Crippen LogP) is -2.16. The average Bonchev–Trinajstić information content (AvgIpc) is 2.80. The van der Waals surface area contributed by atoms with E-state index >= 15 is 0 Å². The summed E-state index contributed by atoms with van der Waals surface area (Å²) in [6, 6.07) is 6.38. The molecule has 0 spiro atoms. The Balaban J connectivity index is 0.00000225. The number of benzene rings is 1. The molecule has 3 unspecified atom stereocenters. The smallest absolute Gasteiger partial charge is 0.327 e. The first kappa shape index (κ1) is 24.8. The summed E-state index contributed by atoms with van der Waals surface area (Å²) in [4.78, 5) is 37.5. The lowest BCUT2D eigenvalue weighted by molar-refractivity contribution is -0.161. The van der Waals surface area contributed by atoms with Gasteiger partial charge in [0, 0.05) is 4.75 Å². The highest BCUT2D eigenvalue weighted by molar-refractivity contribution is 8.01. The summed E-state index contributed by atoms with van der Waals surface area (Å²) in [5, 5.41) is 11.7. The molecule has 0 saturated carbocycles. The first-order valence-corrected chi connectivity index (χ1v) is 8.45. The average molecular weight is 403 g/mol. The largest absolute Gasteiger partial charge is 0.480 e. The summed E-state index contributed by atoms with van der Waals surface area (Å²) < 4.78 is -0.618. The molecule has 2 aliphatic rings. The third-order valence-corrected chi connectivity index (χ3v) is 5.99. The van der Waals surface area contributed by atoms with E-state index < -0.39 is 34.7 Å². The van der Waals surface area contributed by atoms with Gasteiger partial charge in [0.25, 0.3) is 0 Å². The number of thioether (sulfide) groups is 1. The van der Waals surface area contributed by atoms with Gasteiger partial charge in [0.2, 0.25) is 11.8 Å². The molecule has 10 N–H and O–H groups in total. The molecule has 4 atom stereocenters. The highest BCUT2D eigenvalue weighted by atomic mass is 32.2. The molecule has 0 aliphatic carbocycles. The number of amides is 2. The zero-order chi connectivity index (χ0) is 17.6. The number of nitrogens with two attached hydrogens (primary N) is 1. The molecule has 1 aromatic rings. The van der Waals surface area contributed by atoms with Crippen molar-refractivity contribution in [3.05, 3.63) is 35.9 Å². The number of carbonyl (C=O) groups is 3. The fourth-order valence-electron chi connectivity index (χ4n) is 3.20.